The van der Waals surface area contributed by atoms with Gasteiger partial charge >= 0.3 is 0 Å². The topological polar surface area (TPSA) is 61.4 Å². The highest BCUT2D eigenvalue weighted by atomic mass is 15.5. The lowest BCUT2D eigenvalue weighted by Gasteiger charge is -2.18. The Morgan fingerprint density at radius 2 is 0.595 bits per heavy atom. The van der Waals surface area contributed by atoms with Gasteiger partial charge in [0.05, 0.1) is 11.4 Å². The molecule has 0 unspecified atom stereocenters. The van der Waals surface area contributed by atoms with Crippen molar-refractivity contribution in [1.29, 1.82) is 0 Å². The molecule has 0 aliphatic rings. The summed E-state index contributed by atoms with van der Waals surface area (Å²) in [7, 11) is 0. The van der Waals surface area contributed by atoms with Crippen LogP contribution >= 0.6 is 0 Å². The molecule has 0 saturated heterocycles. The first-order chi connectivity index (χ1) is 20.2. The molecule has 0 atom stereocenters. The molecular weight excluding hydrogens is 516 g/mol. The van der Waals surface area contributed by atoms with E-state index < -0.39 is 0 Å². The number of hydrogen-bond donors (Lipinski definition) is 0. The van der Waals surface area contributed by atoms with E-state index in [1.165, 1.54) is 22.3 Å². The fourth-order valence-corrected chi connectivity index (χ4v) is 5.40. The maximum absolute atomic E-state index is 4.67. The summed E-state index contributed by atoms with van der Waals surface area (Å²) in [5, 5.41) is 18.7. The van der Waals surface area contributed by atoms with Crippen LogP contribution in [0.25, 0.3) is 33.4 Å². The third kappa shape index (κ3) is 5.85. The summed E-state index contributed by atoms with van der Waals surface area (Å²) >= 11 is 0. The predicted molar refractivity (Wildman–Crippen MR) is 174 cm³/mol. The Morgan fingerprint density at radius 3 is 0.810 bits per heavy atom. The molecule has 0 aliphatic carbocycles. The summed E-state index contributed by atoms with van der Waals surface area (Å²) in [4.78, 5) is 3.63. The van der Waals surface area contributed by atoms with E-state index in [4.69, 9.17) is 0 Å². The second-order valence-electron chi connectivity index (χ2n) is 12.1. The molecule has 2 aromatic heterocycles. The molecule has 6 nitrogen and oxygen atoms in total. The van der Waals surface area contributed by atoms with Gasteiger partial charge in [-0.3, -0.25) is 0 Å². The molecule has 6 heteroatoms. The average Bonchev–Trinajstić information content (AvgIpc) is 3.61. The zero-order valence-corrected chi connectivity index (χ0v) is 26.1. The van der Waals surface area contributed by atoms with Gasteiger partial charge < -0.3 is 0 Å². The molecule has 0 spiro atoms. The van der Waals surface area contributed by atoms with Gasteiger partial charge in [0, 0.05) is 0 Å². The second kappa shape index (κ2) is 12.3. The second-order valence-corrected chi connectivity index (χ2v) is 12.1. The van der Waals surface area contributed by atoms with Gasteiger partial charge in [-0.15, -0.1) is 30.0 Å². The van der Waals surface area contributed by atoms with Crippen LogP contribution in [-0.2, 0) is 0 Å². The Morgan fingerprint density at radius 1 is 0.357 bits per heavy atom. The van der Waals surface area contributed by atoms with Gasteiger partial charge in [-0.25, -0.2) is 0 Å². The van der Waals surface area contributed by atoms with E-state index in [-0.39, 0.29) is 0 Å². The number of benzene rings is 4. The molecular formula is C36H42N6. The Labute approximate surface area is 249 Å². The lowest BCUT2D eigenvalue weighted by Crippen LogP contribution is -2.09. The van der Waals surface area contributed by atoms with Crippen LogP contribution in [-0.4, -0.2) is 30.0 Å². The van der Waals surface area contributed by atoms with Crippen LogP contribution < -0.4 is 0 Å². The Bertz CT molecular complexity index is 1550. The molecule has 6 aromatic rings. The van der Waals surface area contributed by atoms with E-state index in [1.54, 1.807) is 0 Å². The van der Waals surface area contributed by atoms with Crippen LogP contribution in [0.1, 0.15) is 101 Å². The van der Waals surface area contributed by atoms with Gasteiger partial charge in [0.1, 0.15) is 22.1 Å². The van der Waals surface area contributed by atoms with Crippen LogP contribution in [0.3, 0.4) is 0 Å². The van der Waals surface area contributed by atoms with Gasteiger partial charge in [0.15, 0.2) is 0 Å². The van der Waals surface area contributed by atoms with Crippen LogP contribution in [0, 0.1) is 0 Å². The van der Waals surface area contributed by atoms with Crippen LogP contribution in [0.15, 0.2) is 84.9 Å². The van der Waals surface area contributed by atoms with E-state index in [2.05, 4.69) is 112 Å². The summed E-state index contributed by atoms with van der Waals surface area (Å²) in [5.41, 5.74) is 11.2. The van der Waals surface area contributed by atoms with Gasteiger partial charge in [-0.05, 0) is 70.2 Å². The summed E-state index contributed by atoms with van der Waals surface area (Å²) in [6.07, 6.45) is 0. The maximum atomic E-state index is 4.67. The Hall–Kier alpha value is -4.32. The Kier molecular flexibility index (Phi) is 8.53. The van der Waals surface area contributed by atoms with E-state index in [0.29, 0.717) is 23.7 Å². The highest BCUT2D eigenvalue weighted by Crippen LogP contribution is 2.32. The van der Waals surface area contributed by atoms with Crippen molar-refractivity contribution in [1.82, 2.24) is 30.0 Å². The van der Waals surface area contributed by atoms with Crippen molar-refractivity contribution < 1.29 is 0 Å². The smallest absolute Gasteiger partial charge is 0.113 e. The van der Waals surface area contributed by atoms with E-state index in [0.717, 1.165) is 33.4 Å². The number of nitrogens with zero attached hydrogens (tertiary/aromatic N) is 6. The van der Waals surface area contributed by atoms with Crippen molar-refractivity contribution in [3.63, 3.8) is 0 Å². The predicted octanol–water partition coefficient (Wildman–Crippen LogP) is 9.33. The SMILES string of the molecule is CC(C)c1cccc(C(C)C)c1-n1nc2ccccc2n1.CC(C)c1cccc(C(C)C)c1-n1nc2ccccc2n1. The molecule has 0 radical (unpaired) electrons. The number of rotatable bonds is 6. The van der Waals surface area contributed by atoms with Gasteiger partial charge in [-0.2, -0.15) is 0 Å². The number of para-hydroxylation sites is 2. The first-order valence-electron chi connectivity index (χ1n) is 15.1. The first kappa shape index (κ1) is 29.2. The van der Waals surface area contributed by atoms with Crippen molar-refractivity contribution in [2.45, 2.75) is 79.1 Å². The van der Waals surface area contributed by atoms with E-state index >= 15 is 0 Å². The fourth-order valence-electron chi connectivity index (χ4n) is 5.40. The molecule has 0 fully saturated rings. The molecule has 0 saturated carbocycles. The molecule has 0 N–H and O–H groups in total. The van der Waals surface area contributed by atoms with Crippen LogP contribution in [0.2, 0.25) is 0 Å². The molecule has 2 heterocycles. The minimum Gasteiger partial charge on any atom is -0.150 e. The number of hydrogen-bond acceptors (Lipinski definition) is 4. The molecule has 0 bridgehead atoms. The third-order valence-electron chi connectivity index (χ3n) is 7.66. The molecule has 4 aromatic carbocycles. The zero-order valence-electron chi connectivity index (χ0n) is 26.1. The summed E-state index contributed by atoms with van der Waals surface area (Å²) in [5.74, 6) is 1.75. The summed E-state index contributed by atoms with van der Waals surface area (Å²) < 4.78 is 0. The largest absolute Gasteiger partial charge is 0.150 e. The molecule has 0 amide bonds. The highest BCUT2D eigenvalue weighted by molar-refractivity contribution is 5.74. The third-order valence-corrected chi connectivity index (χ3v) is 7.66. The number of fused-ring (bicyclic) bond motifs is 2. The lowest BCUT2D eigenvalue weighted by atomic mass is 9.93. The lowest BCUT2D eigenvalue weighted by molar-refractivity contribution is 0.712. The van der Waals surface area contributed by atoms with E-state index in [9.17, 15) is 0 Å². The van der Waals surface area contributed by atoms with Crippen molar-refractivity contribution in [2.24, 2.45) is 0 Å². The standard InChI is InChI=1S/2C18H21N3/c2*1-12(2)14-8-7-9-15(13(3)4)18(14)21-19-16-10-5-6-11-17(16)20-21/h2*5-13H,1-4H3. The molecule has 42 heavy (non-hydrogen) atoms. The average molecular weight is 559 g/mol. The summed E-state index contributed by atoms with van der Waals surface area (Å²) in [6.45, 7) is 17.7. The minimum atomic E-state index is 0.438. The molecule has 0 aliphatic heterocycles. The minimum absolute atomic E-state index is 0.438. The van der Waals surface area contributed by atoms with E-state index in [1.807, 2.05) is 58.1 Å². The van der Waals surface area contributed by atoms with Crippen molar-refractivity contribution in [2.75, 3.05) is 0 Å². The monoisotopic (exact) mass is 558 g/mol. The zero-order chi connectivity index (χ0) is 30.0. The molecule has 216 valence electrons. The van der Waals surface area contributed by atoms with Crippen LogP contribution in [0.4, 0.5) is 0 Å². The Balaban J connectivity index is 0.000000168. The quantitative estimate of drug-likeness (QED) is 0.204. The van der Waals surface area contributed by atoms with Gasteiger partial charge in [0.2, 0.25) is 0 Å². The van der Waals surface area contributed by atoms with Crippen LogP contribution in [0.5, 0.6) is 0 Å². The van der Waals surface area contributed by atoms with Gasteiger partial charge in [-0.1, -0.05) is 116 Å². The highest BCUT2D eigenvalue weighted by Gasteiger charge is 2.19. The summed E-state index contributed by atoms with van der Waals surface area (Å²) in [6, 6.07) is 29.0. The molecule has 6 rings (SSSR count). The van der Waals surface area contributed by atoms with Crippen molar-refractivity contribution in [3.8, 4) is 11.4 Å². The van der Waals surface area contributed by atoms with Crippen molar-refractivity contribution in [3.05, 3.63) is 107 Å². The number of aromatic nitrogens is 6. The van der Waals surface area contributed by atoms with Gasteiger partial charge in [0.25, 0.3) is 0 Å². The van der Waals surface area contributed by atoms with Crippen molar-refractivity contribution >= 4 is 22.1 Å². The normalized spacial score (nSPS) is 11.7. The fraction of sp³-hybridized carbons (Fsp3) is 0.333. The maximum Gasteiger partial charge on any atom is 0.113 e. The first-order valence-corrected chi connectivity index (χ1v) is 15.1.